The Morgan fingerprint density at radius 2 is 2.15 bits per heavy atom. The minimum Gasteiger partial charge on any atom is -0.356 e. The van der Waals surface area contributed by atoms with Crippen LogP contribution in [-0.4, -0.2) is 24.5 Å². The molecule has 3 heteroatoms. The minimum atomic E-state index is 0.209. The van der Waals surface area contributed by atoms with Crippen LogP contribution in [0.4, 0.5) is 0 Å². The smallest absolute Gasteiger partial charge is 0.224 e. The normalized spacial score (nSPS) is 29.4. The van der Waals surface area contributed by atoms with E-state index in [0.717, 1.165) is 19.4 Å². The molecule has 108 valence electrons. The Bertz CT molecular complexity index is 459. The van der Waals surface area contributed by atoms with Gasteiger partial charge < -0.3 is 10.6 Å². The molecule has 3 rings (SSSR count). The molecule has 3 nitrogen and oxygen atoms in total. The van der Waals surface area contributed by atoms with E-state index < -0.39 is 0 Å². The van der Waals surface area contributed by atoms with Crippen molar-refractivity contribution in [2.24, 2.45) is 5.92 Å². The van der Waals surface area contributed by atoms with Gasteiger partial charge in [0.25, 0.3) is 0 Å². The maximum Gasteiger partial charge on any atom is 0.224 e. The molecular weight excluding hydrogens is 248 g/mol. The van der Waals surface area contributed by atoms with Crippen molar-refractivity contribution in [2.45, 2.75) is 50.6 Å². The van der Waals surface area contributed by atoms with Gasteiger partial charge in [0.1, 0.15) is 0 Å². The standard InChI is InChI=1S/C17H24N2O/c1-12(13-5-3-2-4-6-13)9-10-18-17(20)15-11-14-7-8-16(15)19-14/h2-6,12,14-16,19H,7-11H2,1H3,(H,18,20). The number of nitrogens with one attached hydrogen (secondary N) is 2. The molecule has 0 radical (unpaired) electrons. The molecule has 1 aromatic carbocycles. The number of benzene rings is 1. The summed E-state index contributed by atoms with van der Waals surface area (Å²) in [5, 5.41) is 6.65. The topological polar surface area (TPSA) is 41.1 Å². The van der Waals surface area contributed by atoms with Crippen molar-refractivity contribution in [2.75, 3.05) is 6.54 Å². The Labute approximate surface area is 121 Å². The average molecular weight is 272 g/mol. The summed E-state index contributed by atoms with van der Waals surface area (Å²) >= 11 is 0. The van der Waals surface area contributed by atoms with Crippen molar-refractivity contribution in [3.05, 3.63) is 35.9 Å². The van der Waals surface area contributed by atoms with Crippen LogP contribution in [0.1, 0.15) is 44.1 Å². The van der Waals surface area contributed by atoms with Gasteiger partial charge >= 0.3 is 0 Å². The fraction of sp³-hybridized carbons (Fsp3) is 0.588. The summed E-state index contributed by atoms with van der Waals surface area (Å²) in [4.78, 5) is 12.2. The highest BCUT2D eigenvalue weighted by molar-refractivity contribution is 5.80. The van der Waals surface area contributed by atoms with Gasteiger partial charge in [-0.2, -0.15) is 0 Å². The van der Waals surface area contributed by atoms with Crippen LogP contribution in [0.25, 0.3) is 0 Å². The highest BCUT2D eigenvalue weighted by Crippen LogP contribution is 2.33. The lowest BCUT2D eigenvalue weighted by molar-refractivity contribution is -0.125. The van der Waals surface area contributed by atoms with Crippen LogP contribution in [0.5, 0.6) is 0 Å². The molecule has 0 saturated carbocycles. The van der Waals surface area contributed by atoms with Crippen LogP contribution in [0.15, 0.2) is 30.3 Å². The van der Waals surface area contributed by atoms with Gasteiger partial charge in [-0.3, -0.25) is 4.79 Å². The van der Waals surface area contributed by atoms with Crippen molar-refractivity contribution >= 4 is 5.91 Å². The zero-order chi connectivity index (χ0) is 13.9. The van der Waals surface area contributed by atoms with E-state index >= 15 is 0 Å². The van der Waals surface area contributed by atoms with Crippen LogP contribution in [-0.2, 0) is 4.79 Å². The van der Waals surface area contributed by atoms with Crippen molar-refractivity contribution in [1.82, 2.24) is 10.6 Å². The van der Waals surface area contributed by atoms with Gasteiger partial charge in [0.2, 0.25) is 5.91 Å². The first-order chi connectivity index (χ1) is 9.74. The molecule has 1 aromatic rings. The largest absolute Gasteiger partial charge is 0.356 e. The Kier molecular flexibility index (Phi) is 4.06. The number of carbonyl (C=O) groups excluding carboxylic acids is 1. The van der Waals surface area contributed by atoms with Gasteiger partial charge in [-0.25, -0.2) is 0 Å². The van der Waals surface area contributed by atoms with Crippen LogP contribution in [0, 0.1) is 5.92 Å². The van der Waals surface area contributed by atoms with Crippen LogP contribution < -0.4 is 10.6 Å². The van der Waals surface area contributed by atoms with Gasteiger partial charge in [-0.05, 0) is 37.2 Å². The summed E-state index contributed by atoms with van der Waals surface area (Å²) in [5.41, 5.74) is 1.35. The molecule has 0 spiro atoms. The number of hydrogen-bond donors (Lipinski definition) is 2. The molecule has 2 heterocycles. The van der Waals surface area contributed by atoms with Gasteiger partial charge in [0.15, 0.2) is 0 Å². The van der Waals surface area contributed by atoms with Gasteiger partial charge in [-0.15, -0.1) is 0 Å². The third-order valence-corrected chi connectivity index (χ3v) is 4.88. The molecule has 2 aliphatic heterocycles. The van der Waals surface area contributed by atoms with E-state index in [4.69, 9.17) is 0 Å². The minimum absolute atomic E-state index is 0.209. The van der Waals surface area contributed by atoms with Gasteiger partial charge in [-0.1, -0.05) is 37.3 Å². The first-order valence-corrected chi connectivity index (χ1v) is 7.82. The molecule has 0 aliphatic carbocycles. The molecule has 4 atom stereocenters. The van der Waals surface area contributed by atoms with Crippen molar-refractivity contribution < 1.29 is 4.79 Å². The maximum atomic E-state index is 12.2. The zero-order valence-electron chi connectivity index (χ0n) is 12.1. The fourth-order valence-electron chi connectivity index (χ4n) is 3.61. The van der Waals surface area contributed by atoms with Crippen LogP contribution in [0.2, 0.25) is 0 Å². The summed E-state index contributed by atoms with van der Waals surface area (Å²) in [6.07, 6.45) is 4.46. The lowest BCUT2D eigenvalue weighted by Gasteiger charge is -2.20. The molecule has 4 unspecified atom stereocenters. The third-order valence-electron chi connectivity index (χ3n) is 4.88. The van der Waals surface area contributed by atoms with E-state index in [0.29, 0.717) is 18.0 Å². The number of amides is 1. The lowest BCUT2D eigenvalue weighted by atomic mass is 9.88. The Morgan fingerprint density at radius 3 is 2.80 bits per heavy atom. The molecule has 2 saturated heterocycles. The van der Waals surface area contributed by atoms with E-state index in [9.17, 15) is 4.79 Å². The number of fused-ring (bicyclic) bond motifs is 2. The van der Waals surface area contributed by atoms with Crippen LogP contribution >= 0.6 is 0 Å². The predicted octanol–water partition coefficient (Wildman–Crippen LogP) is 2.44. The number of carbonyl (C=O) groups is 1. The Balaban J connectivity index is 1.42. The van der Waals surface area contributed by atoms with E-state index in [1.165, 1.54) is 18.4 Å². The molecular formula is C17H24N2O. The summed E-state index contributed by atoms with van der Waals surface area (Å²) in [6.45, 7) is 3.00. The molecule has 0 aromatic heterocycles. The third kappa shape index (κ3) is 2.88. The zero-order valence-corrected chi connectivity index (χ0v) is 12.1. The highest BCUT2D eigenvalue weighted by atomic mass is 16.1. The quantitative estimate of drug-likeness (QED) is 0.864. The lowest BCUT2D eigenvalue weighted by Crippen LogP contribution is -2.38. The monoisotopic (exact) mass is 272 g/mol. The van der Waals surface area contributed by atoms with Crippen molar-refractivity contribution in [3.8, 4) is 0 Å². The number of hydrogen-bond acceptors (Lipinski definition) is 2. The van der Waals surface area contributed by atoms with E-state index in [1.807, 2.05) is 6.07 Å². The Hall–Kier alpha value is -1.35. The molecule has 2 N–H and O–H groups in total. The second-order valence-electron chi connectivity index (χ2n) is 6.28. The molecule has 2 fully saturated rings. The van der Waals surface area contributed by atoms with E-state index in [-0.39, 0.29) is 11.8 Å². The first kappa shape index (κ1) is 13.6. The maximum absolute atomic E-state index is 12.2. The van der Waals surface area contributed by atoms with Crippen LogP contribution in [0.3, 0.4) is 0 Å². The van der Waals surface area contributed by atoms with Gasteiger partial charge in [0, 0.05) is 18.6 Å². The summed E-state index contributed by atoms with van der Waals surface area (Å²) in [7, 11) is 0. The predicted molar refractivity (Wildman–Crippen MR) is 80.5 cm³/mol. The summed E-state index contributed by atoms with van der Waals surface area (Å²) < 4.78 is 0. The Morgan fingerprint density at radius 1 is 1.35 bits per heavy atom. The van der Waals surface area contributed by atoms with E-state index in [1.54, 1.807) is 0 Å². The summed E-state index contributed by atoms with van der Waals surface area (Å²) in [6, 6.07) is 11.5. The SMILES string of the molecule is CC(CCNC(=O)C1CC2CCC1N2)c1ccccc1. The second kappa shape index (κ2) is 5.96. The molecule has 2 aliphatic rings. The number of rotatable bonds is 5. The second-order valence-corrected chi connectivity index (χ2v) is 6.28. The fourth-order valence-corrected chi connectivity index (χ4v) is 3.61. The molecule has 2 bridgehead atoms. The molecule has 1 amide bonds. The van der Waals surface area contributed by atoms with Crippen molar-refractivity contribution in [1.29, 1.82) is 0 Å². The van der Waals surface area contributed by atoms with Crippen molar-refractivity contribution in [3.63, 3.8) is 0 Å². The van der Waals surface area contributed by atoms with Gasteiger partial charge in [0.05, 0.1) is 5.92 Å². The highest BCUT2D eigenvalue weighted by Gasteiger charge is 2.42. The average Bonchev–Trinajstić information content (AvgIpc) is 3.10. The van der Waals surface area contributed by atoms with E-state index in [2.05, 4.69) is 41.8 Å². The first-order valence-electron chi connectivity index (χ1n) is 7.82. The molecule has 20 heavy (non-hydrogen) atoms. The summed E-state index contributed by atoms with van der Waals surface area (Å²) in [5.74, 6) is 0.959.